The summed E-state index contributed by atoms with van der Waals surface area (Å²) in [7, 11) is 0. The summed E-state index contributed by atoms with van der Waals surface area (Å²) in [4.78, 5) is 11.9. The fraction of sp³-hybridized carbons (Fsp3) is 0.214. The van der Waals surface area contributed by atoms with Gasteiger partial charge in [-0.25, -0.2) is 4.79 Å². The Kier molecular flexibility index (Phi) is 5.10. The van der Waals surface area contributed by atoms with E-state index in [1.807, 2.05) is 6.07 Å². The van der Waals surface area contributed by atoms with E-state index < -0.39 is 5.97 Å². The summed E-state index contributed by atoms with van der Waals surface area (Å²) in [6, 6.07) is 5.43. The fourth-order valence-corrected chi connectivity index (χ4v) is 2.08. The Hall–Kier alpha value is -2.15. The first-order valence-electron chi connectivity index (χ1n) is 6.28. The van der Waals surface area contributed by atoms with E-state index in [1.165, 1.54) is 0 Å². The molecule has 1 aromatic carbocycles. The monoisotopic (exact) mass is 351 g/mol. The molecule has 0 atom stereocenters. The number of hydrogen-bond acceptors (Lipinski definition) is 5. The normalized spacial score (nSPS) is 10.2. The zero-order valence-corrected chi connectivity index (χ0v) is 13.0. The van der Waals surface area contributed by atoms with Gasteiger partial charge in [-0.15, -0.1) is 5.10 Å². The standard InChI is InChI=1S/C14H14BrN3O3/c1-3-7-21-11-6-5-9(15)8-10(11)12-13(17-18-16-12)14(19)20-4-2/h3,5-6,8H,1,4,7H2,2H3,(H,16,17,18). The third-order valence-electron chi connectivity index (χ3n) is 2.57. The van der Waals surface area contributed by atoms with E-state index in [-0.39, 0.29) is 12.3 Å². The predicted octanol–water partition coefficient (Wildman–Crippen LogP) is 2.98. The molecule has 0 bridgehead atoms. The van der Waals surface area contributed by atoms with E-state index in [0.717, 1.165) is 4.47 Å². The maximum absolute atomic E-state index is 11.9. The molecule has 6 nitrogen and oxygen atoms in total. The van der Waals surface area contributed by atoms with Gasteiger partial charge in [0.15, 0.2) is 5.69 Å². The molecule has 0 saturated heterocycles. The van der Waals surface area contributed by atoms with Gasteiger partial charge in [-0.2, -0.15) is 10.3 Å². The SMILES string of the molecule is C=CCOc1ccc(Br)cc1-c1n[nH]nc1C(=O)OCC. The van der Waals surface area contributed by atoms with Crippen LogP contribution < -0.4 is 4.74 Å². The lowest BCUT2D eigenvalue weighted by atomic mass is 10.1. The second kappa shape index (κ2) is 7.03. The van der Waals surface area contributed by atoms with Crippen molar-refractivity contribution in [3.8, 4) is 17.0 Å². The number of ether oxygens (including phenoxy) is 2. The topological polar surface area (TPSA) is 77.1 Å². The highest BCUT2D eigenvalue weighted by molar-refractivity contribution is 9.10. The van der Waals surface area contributed by atoms with E-state index >= 15 is 0 Å². The number of rotatable bonds is 6. The number of nitrogens with zero attached hydrogens (tertiary/aromatic N) is 2. The first kappa shape index (κ1) is 15.2. The number of aromatic nitrogens is 3. The first-order chi connectivity index (χ1) is 10.2. The molecule has 2 aromatic rings. The molecule has 1 N–H and O–H groups in total. The van der Waals surface area contributed by atoms with Crippen LogP contribution in [0.15, 0.2) is 35.3 Å². The summed E-state index contributed by atoms with van der Waals surface area (Å²) < 4.78 is 11.4. The highest BCUT2D eigenvalue weighted by Gasteiger charge is 2.22. The molecule has 0 amide bonds. The van der Waals surface area contributed by atoms with E-state index in [2.05, 4.69) is 37.9 Å². The zero-order chi connectivity index (χ0) is 15.2. The quantitative estimate of drug-likeness (QED) is 0.639. The molecule has 0 spiro atoms. The lowest BCUT2D eigenvalue weighted by Crippen LogP contribution is -2.07. The van der Waals surface area contributed by atoms with Crippen molar-refractivity contribution in [1.82, 2.24) is 15.4 Å². The molecule has 2 rings (SSSR count). The van der Waals surface area contributed by atoms with Crippen LogP contribution in [0.25, 0.3) is 11.3 Å². The summed E-state index contributed by atoms with van der Waals surface area (Å²) in [6.45, 7) is 5.96. The highest BCUT2D eigenvalue weighted by atomic mass is 79.9. The van der Waals surface area contributed by atoms with Crippen molar-refractivity contribution < 1.29 is 14.3 Å². The van der Waals surface area contributed by atoms with Crippen molar-refractivity contribution in [2.45, 2.75) is 6.92 Å². The Morgan fingerprint density at radius 2 is 2.29 bits per heavy atom. The highest BCUT2D eigenvalue weighted by Crippen LogP contribution is 2.33. The second-order valence-corrected chi connectivity index (χ2v) is 4.90. The van der Waals surface area contributed by atoms with Gasteiger partial charge < -0.3 is 9.47 Å². The minimum Gasteiger partial charge on any atom is -0.489 e. The van der Waals surface area contributed by atoms with Gasteiger partial charge in [0.25, 0.3) is 0 Å². The molecule has 0 aliphatic rings. The third kappa shape index (κ3) is 3.49. The van der Waals surface area contributed by atoms with Crippen LogP contribution in [0.2, 0.25) is 0 Å². The Balaban J connectivity index is 2.46. The second-order valence-electron chi connectivity index (χ2n) is 3.98. The molecular weight excluding hydrogens is 338 g/mol. The minimum absolute atomic E-state index is 0.124. The maximum Gasteiger partial charge on any atom is 0.361 e. The Labute approximate surface area is 130 Å². The van der Waals surface area contributed by atoms with Crippen LogP contribution in [0.5, 0.6) is 5.75 Å². The molecule has 0 saturated carbocycles. The lowest BCUT2D eigenvalue weighted by molar-refractivity contribution is 0.0520. The van der Waals surface area contributed by atoms with Crippen LogP contribution in [-0.2, 0) is 4.74 Å². The number of halogens is 1. The summed E-state index contributed by atoms with van der Waals surface area (Å²) in [5, 5.41) is 10.3. The molecule has 1 heterocycles. The van der Waals surface area contributed by atoms with Gasteiger partial charge in [0, 0.05) is 10.0 Å². The molecule has 0 fully saturated rings. The number of benzene rings is 1. The predicted molar refractivity (Wildman–Crippen MR) is 81.2 cm³/mol. The molecule has 21 heavy (non-hydrogen) atoms. The first-order valence-corrected chi connectivity index (χ1v) is 7.08. The number of carbonyl (C=O) groups excluding carboxylic acids is 1. The zero-order valence-electron chi connectivity index (χ0n) is 11.4. The van der Waals surface area contributed by atoms with Crippen LogP contribution in [-0.4, -0.2) is 34.6 Å². The average Bonchev–Trinajstić information content (AvgIpc) is 2.95. The Morgan fingerprint density at radius 3 is 3.00 bits per heavy atom. The molecule has 0 radical (unpaired) electrons. The average molecular weight is 352 g/mol. The van der Waals surface area contributed by atoms with Crippen molar-refractivity contribution in [3.63, 3.8) is 0 Å². The summed E-state index contributed by atoms with van der Waals surface area (Å²) in [5.74, 6) is 0.0495. The van der Waals surface area contributed by atoms with Crippen LogP contribution >= 0.6 is 15.9 Å². The lowest BCUT2D eigenvalue weighted by Gasteiger charge is -2.09. The molecule has 0 aliphatic heterocycles. The van der Waals surface area contributed by atoms with Crippen molar-refractivity contribution in [3.05, 3.63) is 41.0 Å². The number of carbonyl (C=O) groups is 1. The van der Waals surface area contributed by atoms with Gasteiger partial charge in [-0.1, -0.05) is 28.6 Å². The van der Waals surface area contributed by atoms with Gasteiger partial charge in [-0.3, -0.25) is 0 Å². The van der Waals surface area contributed by atoms with Crippen molar-refractivity contribution >= 4 is 21.9 Å². The number of aromatic amines is 1. The number of hydrogen-bond donors (Lipinski definition) is 1. The Morgan fingerprint density at radius 1 is 1.48 bits per heavy atom. The van der Waals surface area contributed by atoms with Crippen LogP contribution in [0.1, 0.15) is 17.4 Å². The summed E-state index contributed by atoms with van der Waals surface area (Å²) in [6.07, 6.45) is 1.64. The third-order valence-corrected chi connectivity index (χ3v) is 3.06. The molecule has 110 valence electrons. The summed E-state index contributed by atoms with van der Waals surface area (Å²) in [5.41, 5.74) is 1.15. The maximum atomic E-state index is 11.9. The smallest absolute Gasteiger partial charge is 0.361 e. The van der Waals surface area contributed by atoms with Gasteiger partial charge in [0.2, 0.25) is 0 Å². The Bertz CT molecular complexity index is 655. The van der Waals surface area contributed by atoms with Gasteiger partial charge in [0.05, 0.1) is 6.61 Å². The largest absolute Gasteiger partial charge is 0.489 e. The van der Waals surface area contributed by atoms with Crippen molar-refractivity contribution in [1.29, 1.82) is 0 Å². The number of H-pyrrole nitrogens is 1. The molecule has 0 unspecified atom stereocenters. The van der Waals surface area contributed by atoms with Gasteiger partial charge in [-0.05, 0) is 25.1 Å². The van der Waals surface area contributed by atoms with Crippen LogP contribution in [0.3, 0.4) is 0 Å². The molecule has 1 aromatic heterocycles. The van der Waals surface area contributed by atoms with E-state index in [0.29, 0.717) is 23.6 Å². The van der Waals surface area contributed by atoms with Gasteiger partial charge in [0.1, 0.15) is 18.1 Å². The van der Waals surface area contributed by atoms with Gasteiger partial charge >= 0.3 is 5.97 Å². The minimum atomic E-state index is -0.532. The molecular formula is C14H14BrN3O3. The summed E-state index contributed by atoms with van der Waals surface area (Å²) >= 11 is 3.39. The van der Waals surface area contributed by atoms with E-state index in [1.54, 1.807) is 25.1 Å². The van der Waals surface area contributed by atoms with Crippen molar-refractivity contribution in [2.75, 3.05) is 13.2 Å². The van der Waals surface area contributed by atoms with E-state index in [9.17, 15) is 4.79 Å². The van der Waals surface area contributed by atoms with Crippen molar-refractivity contribution in [2.24, 2.45) is 0 Å². The number of esters is 1. The van der Waals surface area contributed by atoms with E-state index in [4.69, 9.17) is 9.47 Å². The molecule has 7 heteroatoms. The van der Waals surface area contributed by atoms with Crippen LogP contribution in [0, 0.1) is 0 Å². The fourth-order valence-electron chi connectivity index (χ4n) is 1.72. The number of nitrogens with one attached hydrogen (secondary N) is 1. The van der Waals surface area contributed by atoms with Crippen LogP contribution in [0.4, 0.5) is 0 Å². The molecule has 0 aliphatic carbocycles.